The standard InChI is InChI=1S/C21H25ClN4O5/c1-29-12-13-30-19-7-4-17(14-23-19)24-21(28)26-10-8-25(9-11-26)20(27)15-31-18-5-2-16(22)3-6-18/h2-7,14H,8-13,15H2,1H3,(H,24,28). The molecule has 0 spiro atoms. The molecule has 1 aromatic carbocycles. The minimum atomic E-state index is -0.237. The van der Waals surface area contributed by atoms with Crippen LogP contribution in [0.15, 0.2) is 42.6 Å². The Balaban J connectivity index is 1.39. The molecule has 31 heavy (non-hydrogen) atoms. The lowest BCUT2D eigenvalue weighted by Gasteiger charge is -2.34. The molecule has 3 amide bonds. The number of methoxy groups -OCH3 is 1. The Labute approximate surface area is 185 Å². The molecule has 0 bridgehead atoms. The van der Waals surface area contributed by atoms with Crippen LogP contribution in [-0.4, -0.2) is 79.8 Å². The van der Waals surface area contributed by atoms with Gasteiger partial charge < -0.3 is 29.3 Å². The summed E-state index contributed by atoms with van der Waals surface area (Å²) in [7, 11) is 1.60. The number of urea groups is 1. The second-order valence-corrected chi connectivity index (χ2v) is 7.20. The highest BCUT2D eigenvalue weighted by atomic mass is 35.5. The summed E-state index contributed by atoms with van der Waals surface area (Å²) >= 11 is 5.84. The van der Waals surface area contributed by atoms with E-state index in [1.807, 2.05) is 0 Å². The summed E-state index contributed by atoms with van der Waals surface area (Å²) in [5, 5.41) is 3.41. The van der Waals surface area contributed by atoms with Crippen LogP contribution in [0.25, 0.3) is 0 Å². The number of hydrogen-bond acceptors (Lipinski definition) is 6. The van der Waals surface area contributed by atoms with Gasteiger partial charge in [-0.05, 0) is 30.3 Å². The number of anilines is 1. The third-order valence-electron chi connectivity index (χ3n) is 4.62. The van der Waals surface area contributed by atoms with Crippen LogP contribution < -0.4 is 14.8 Å². The van der Waals surface area contributed by atoms with Crippen LogP contribution in [0.1, 0.15) is 0 Å². The van der Waals surface area contributed by atoms with Crippen molar-refractivity contribution < 1.29 is 23.8 Å². The fourth-order valence-corrected chi connectivity index (χ4v) is 3.02. The number of ether oxygens (including phenoxy) is 3. The lowest BCUT2D eigenvalue weighted by atomic mass is 10.3. The van der Waals surface area contributed by atoms with Gasteiger partial charge in [-0.1, -0.05) is 11.6 Å². The predicted octanol–water partition coefficient (Wildman–Crippen LogP) is 2.52. The number of carbonyl (C=O) groups excluding carboxylic acids is 2. The van der Waals surface area contributed by atoms with Gasteiger partial charge in [0.1, 0.15) is 12.4 Å². The maximum Gasteiger partial charge on any atom is 0.322 e. The number of nitrogens with one attached hydrogen (secondary N) is 1. The first-order chi connectivity index (χ1) is 15.0. The van der Waals surface area contributed by atoms with Crippen molar-refractivity contribution >= 4 is 29.2 Å². The molecule has 166 valence electrons. The highest BCUT2D eigenvalue weighted by molar-refractivity contribution is 6.30. The number of amides is 3. The molecule has 0 aliphatic carbocycles. The van der Waals surface area contributed by atoms with Gasteiger partial charge >= 0.3 is 6.03 Å². The first kappa shape index (κ1) is 22.6. The van der Waals surface area contributed by atoms with Crippen LogP contribution in [-0.2, 0) is 9.53 Å². The van der Waals surface area contributed by atoms with Crippen LogP contribution in [0.5, 0.6) is 11.6 Å². The predicted molar refractivity (Wildman–Crippen MR) is 116 cm³/mol. The van der Waals surface area contributed by atoms with Gasteiger partial charge in [0, 0.05) is 44.4 Å². The number of halogens is 1. The van der Waals surface area contributed by atoms with Crippen molar-refractivity contribution in [2.75, 3.05) is 58.4 Å². The molecule has 0 atom stereocenters. The minimum Gasteiger partial charge on any atom is -0.484 e. The van der Waals surface area contributed by atoms with E-state index in [0.29, 0.717) is 61.7 Å². The lowest BCUT2D eigenvalue weighted by Crippen LogP contribution is -2.52. The molecule has 0 unspecified atom stereocenters. The molecule has 3 rings (SSSR count). The molecule has 1 aliphatic rings. The second kappa shape index (κ2) is 11.4. The first-order valence-corrected chi connectivity index (χ1v) is 10.2. The zero-order valence-corrected chi connectivity index (χ0v) is 18.0. The Kier molecular flexibility index (Phi) is 8.31. The number of piperazine rings is 1. The number of hydrogen-bond donors (Lipinski definition) is 1. The molecule has 1 fully saturated rings. The maximum absolute atomic E-state index is 12.5. The molecule has 2 heterocycles. The van der Waals surface area contributed by atoms with Gasteiger partial charge in [-0.15, -0.1) is 0 Å². The van der Waals surface area contributed by atoms with E-state index in [1.165, 1.54) is 6.20 Å². The number of carbonyl (C=O) groups is 2. The molecule has 1 aromatic heterocycles. The number of nitrogens with zero attached hydrogens (tertiary/aromatic N) is 3. The van der Waals surface area contributed by atoms with E-state index < -0.39 is 0 Å². The van der Waals surface area contributed by atoms with E-state index >= 15 is 0 Å². The molecule has 0 saturated carbocycles. The normalized spacial score (nSPS) is 13.6. The molecule has 0 radical (unpaired) electrons. The van der Waals surface area contributed by atoms with Gasteiger partial charge in [0.25, 0.3) is 5.91 Å². The highest BCUT2D eigenvalue weighted by Gasteiger charge is 2.24. The van der Waals surface area contributed by atoms with Crippen LogP contribution in [0.2, 0.25) is 5.02 Å². The molecule has 9 nitrogen and oxygen atoms in total. The molecular weight excluding hydrogens is 424 g/mol. The SMILES string of the molecule is COCCOc1ccc(NC(=O)N2CCN(C(=O)COc3ccc(Cl)cc3)CC2)cn1. The molecule has 2 aromatic rings. The summed E-state index contributed by atoms with van der Waals surface area (Å²) in [5.74, 6) is 0.922. The summed E-state index contributed by atoms with van der Waals surface area (Å²) in [4.78, 5) is 32.3. The van der Waals surface area contributed by atoms with Crippen molar-refractivity contribution in [3.8, 4) is 11.6 Å². The summed E-state index contributed by atoms with van der Waals surface area (Å²) in [6.45, 7) is 2.58. The topological polar surface area (TPSA) is 93.2 Å². The fraction of sp³-hybridized carbons (Fsp3) is 0.381. The van der Waals surface area contributed by atoms with Gasteiger partial charge in [0.15, 0.2) is 6.61 Å². The van der Waals surface area contributed by atoms with Gasteiger partial charge in [-0.3, -0.25) is 4.79 Å². The summed E-state index contributed by atoms with van der Waals surface area (Å²) in [6.07, 6.45) is 1.54. The molecular formula is C21H25ClN4O5. The fourth-order valence-electron chi connectivity index (χ4n) is 2.90. The number of pyridine rings is 1. The summed E-state index contributed by atoms with van der Waals surface area (Å²) < 4.78 is 15.8. The Morgan fingerprint density at radius 1 is 1.00 bits per heavy atom. The van der Waals surface area contributed by atoms with Crippen molar-refractivity contribution in [2.24, 2.45) is 0 Å². The average Bonchev–Trinajstić information content (AvgIpc) is 2.80. The zero-order chi connectivity index (χ0) is 22.1. The molecule has 10 heteroatoms. The number of benzene rings is 1. The van der Waals surface area contributed by atoms with Crippen molar-refractivity contribution in [1.29, 1.82) is 0 Å². The van der Waals surface area contributed by atoms with Crippen LogP contribution in [0.4, 0.5) is 10.5 Å². The van der Waals surface area contributed by atoms with E-state index in [9.17, 15) is 9.59 Å². The minimum absolute atomic E-state index is 0.0572. The number of aromatic nitrogens is 1. The molecule has 1 saturated heterocycles. The second-order valence-electron chi connectivity index (χ2n) is 6.77. The Hall–Kier alpha value is -3.04. The largest absolute Gasteiger partial charge is 0.484 e. The quantitative estimate of drug-likeness (QED) is 0.624. The van der Waals surface area contributed by atoms with E-state index in [-0.39, 0.29) is 18.5 Å². The highest BCUT2D eigenvalue weighted by Crippen LogP contribution is 2.16. The number of rotatable bonds is 8. The van der Waals surface area contributed by atoms with E-state index in [2.05, 4.69) is 10.3 Å². The van der Waals surface area contributed by atoms with E-state index in [0.717, 1.165) is 0 Å². The maximum atomic E-state index is 12.5. The Morgan fingerprint density at radius 3 is 2.35 bits per heavy atom. The van der Waals surface area contributed by atoms with Crippen molar-refractivity contribution in [2.45, 2.75) is 0 Å². The third kappa shape index (κ3) is 7.01. The smallest absolute Gasteiger partial charge is 0.322 e. The van der Waals surface area contributed by atoms with E-state index in [4.69, 9.17) is 25.8 Å². The van der Waals surface area contributed by atoms with E-state index in [1.54, 1.807) is 53.3 Å². The van der Waals surface area contributed by atoms with Gasteiger partial charge in [0.2, 0.25) is 5.88 Å². The first-order valence-electron chi connectivity index (χ1n) is 9.85. The monoisotopic (exact) mass is 448 g/mol. The zero-order valence-electron chi connectivity index (χ0n) is 17.3. The van der Waals surface area contributed by atoms with Gasteiger partial charge in [0.05, 0.1) is 18.5 Å². The van der Waals surface area contributed by atoms with Crippen molar-refractivity contribution in [3.05, 3.63) is 47.6 Å². The van der Waals surface area contributed by atoms with Crippen LogP contribution in [0, 0.1) is 0 Å². The lowest BCUT2D eigenvalue weighted by molar-refractivity contribution is -0.134. The Bertz CT molecular complexity index is 855. The molecule has 1 aliphatic heterocycles. The summed E-state index contributed by atoms with van der Waals surface area (Å²) in [6, 6.07) is 10.0. The van der Waals surface area contributed by atoms with Crippen LogP contribution in [0.3, 0.4) is 0 Å². The molecule has 1 N–H and O–H groups in total. The average molecular weight is 449 g/mol. The van der Waals surface area contributed by atoms with Gasteiger partial charge in [-0.2, -0.15) is 0 Å². The van der Waals surface area contributed by atoms with Gasteiger partial charge in [-0.25, -0.2) is 9.78 Å². The van der Waals surface area contributed by atoms with Crippen molar-refractivity contribution in [1.82, 2.24) is 14.8 Å². The van der Waals surface area contributed by atoms with Crippen molar-refractivity contribution in [3.63, 3.8) is 0 Å². The summed E-state index contributed by atoms with van der Waals surface area (Å²) in [5.41, 5.74) is 0.568. The Morgan fingerprint density at radius 2 is 1.71 bits per heavy atom. The van der Waals surface area contributed by atoms with Crippen LogP contribution >= 0.6 is 11.6 Å². The third-order valence-corrected chi connectivity index (χ3v) is 4.87.